The maximum atomic E-state index is 13.6. The Balaban J connectivity index is 1.54. The SMILES string of the molecule is CC(C)(C)C(NC(=O)C(F)(F)F)C(=O)N1C[C@H]2[C@@H]([C@H]1C(=O)NC(CC1Oc3ncncc3NC1=O)C(N)=O)C2(C)C. The van der Waals surface area contributed by atoms with Crippen molar-refractivity contribution in [1.29, 1.82) is 0 Å². The summed E-state index contributed by atoms with van der Waals surface area (Å²) in [7, 11) is 0. The van der Waals surface area contributed by atoms with Crippen LogP contribution in [-0.2, 0) is 24.0 Å². The number of fused-ring (bicyclic) bond motifs is 2. The number of nitrogens with two attached hydrogens (primary N) is 1. The summed E-state index contributed by atoms with van der Waals surface area (Å²) in [4.78, 5) is 72.7. The number of carbonyl (C=O) groups excluding carboxylic acids is 5. The van der Waals surface area contributed by atoms with Crippen molar-refractivity contribution >= 4 is 35.2 Å². The van der Waals surface area contributed by atoms with Crippen LogP contribution in [0, 0.1) is 22.7 Å². The number of carbonyl (C=O) groups is 5. The molecule has 3 unspecified atom stereocenters. The van der Waals surface area contributed by atoms with Gasteiger partial charge in [-0.1, -0.05) is 34.6 Å². The maximum Gasteiger partial charge on any atom is 0.471 e. The van der Waals surface area contributed by atoms with Crippen molar-refractivity contribution in [2.24, 2.45) is 28.4 Å². The molecule has 0 aromatic carbocycles. The fraction of sp³-hybridized carbons (Fsp3) is 0.640. The fourth-order valence-electron chi connectivity index (χ4n) is 5.61. The van der Waals surface area contributed by atoms with Crippen LogP contribution in [0.5, 0.6) is 5.88 Å². The number of hydrogen-bond donors (Lipinski definition) is 4. The van der Waals surface area contributed by atoms with Crippen molar-refractivity contribution in [3.05, 3.63) is 12.5 Å². The highest BCUT2D eigenvalue weighted by molar-refractivity contribution is 5.99. The zero-order valence-electron chi connectivity index (χ0n) is 23.0. The molecule has 5 amide bonds. The van der Waals surface area contributed by atoms with E-state index in [9.17, 15) is 37.1 Å². The van der Waals surface area contributed by atoms with E-state index in [0.717, 1.165) is 4.90 Å². The minimum absolute atomic E-state index is 0.0587. The van der Waals surface area contributed by atoms with Crippen LogP contribution in [0.15, 0.2) is 12.5 Å². The first-order chi connectivity index (χ1) is 18.8. The summed E-state index contributed by atoms with van der Waals surface area (Å²) in [5, 5.41) is 6.82. The van der Waals surface area contributed by atoms with Gasteiger partial charge < -0.3 is 31.3 Å². The average molecular weight is 584 g/mol. The van der Waals surface area contributed by atoms with Gasteiger partial charge in [0.25, 0.3) is 5.91 Å². The van der Waals surface area contributed by atoms with Crippen LogP contribution in [0.4, 0.5) is 18.9 Å². The molecule has 13 nitrogen and oxygen atoms in total. The minimum Gasteiger partial charge on any atom is -0.463 e. The minimum atomic E-state index is -5.22. The molecule has 6 atom stereocenters. The Morgan fingerprint density at radius 2 is 1.88 bits per heavy atom. The van der Waals surface area contributed by atoms with Gasteiger partial charge in [-0.15, -0.1) is 0 Å². The van der Waals surface area contributed by atoms with Gasteiger partial charge in [0.15, 0.2) is 6.10 Å². The van der Waals surface area contributed by atoms with Crippen LogP contribution in [0.2, 0.25) is 0 Å². The van der Waals surface area contributed by atoms with E-state index in [2.05, 4.69) is 20.6 Å². The number of hydrogen-bond acceptors (Lipinski definition) is 8. The monoisotopic (exact) mass is 583 g/mol. The number of amides is 5. The molecule has 1 saturated carbocycles. The molecule has 224 valence electrons. The summed E-state index contributed by atoms with van der Waals surface area (Å²) in [6.45, 7) is 8.32. The normalized spacial score (nSPS) is 26.0. The number of likely N-dealkylation sites (tertiary alicyclic amines) is 1. The summed E-state index contributed by atoms with van der Waals surface area (Å²) >= 11 is 0. The molecule has 5 N–H and O–H groups in total. The van der Waals surface area contributed by atoms with E-state index in [1.807, 2.05) is 13.8 Å². The number of alkyl halides is 3. The summed E-state index contributed by atoms with van der Waals surface area (Å²) in [6, 6.07) is -4.16. The molecule has 0 spiro atoms. The third kappa shape index (κ3) is 5.77. The highest BCUT2D eigenvalue weighted by Crippen LogP contribution is 2.65. The van der Waals surface area contributed by atoms with Crippen LogP contribution < -0.4 is 26.4 Å². The molecule has 3 heterocycles. The molecule has 0 radical (unpaired) electrons. The zero-order valence-corrected chi connectivity index (χ0v) is 23.0. The molecule has 4 rings (SSSR count). The Morgan fingerprint density at radius 3 is 2.46 bits per heavy atom. The number of aromatic nitrogens is 2. The summed E-state index contributed by atoms with van der Waals surface area (Å²) < 4.78 is 44.7. The standard InChI is InChI=1S/C25H32F3N7O6/c1-23(2,3)16(34-22(40)25(26,27)28)21(39)35-8-10-14(24(10,4)5)15(35)19(38)32-11(17(29)36)6-13-18(37)33-12-7-30-9-31-20(12)41-13/h7,9-11,13-16H,6,8H2,1-5H3,(H2,29,36)(H,32,38)(H,33,37)(H,34,40)/t10-,11?,13?,14-,15-,16?/m0/s1. The lowest BCUT2D eigenvalue weighted by atomic mass is 9.85. The van der Waals surface area contributed by atoms with Gasteiger partial charge in [-0.3, -0.25) is 24.0 Å². The molecule has 1 aromatic heterocycles. The van der Waals surface area contributed by atoms with E-state index in [1.54, 1.807) is 5.32 Å². The van der Waals surface area contributed by atoms with Gasteiger partial charge in [-0.25, -0.2) is 4.98 Å². The number of ether oxygens (including phenoxy) is 1. The number of nitrogens with one attached hydrogen (secondary N) is 3. The lowest BCUT2D eigenvalue weighted by Crippen LogP contribution is -2.61. The predicted molar refractivity (Wildman–Crippen MR) is 135 cm³/mol. The lowest BCUT2D eigenvalue weighted by Gasteiger charge is -2.38. The number of rotatable bonds is 7. The van der Waals surface area contributed by atoms with Gasteiger partial charge in [0.2, 0.25) is 23.6 Å². The Bertz CT molecular complexity index is 1280. The molecular formula is C25H32F3N7O6. The average Bonchev–Trinajstić information content (AvgIpc) is 3.18. The first-order valence-corrected chi connectivity index (χ1v) is 12.9. The highest BCUT2D eigenvalue weighted by Gasteiger charge is 2.70. The Kier molecular flexibility index (Phi) is 7.41. The smallest absolute Gasteiger partial charge is 0.463 e. The number of halogens is 3. The topological polar surface area (TPSA) is 186 Å². The number of nitrogens with zero attached hydrogens (tertiary/aromatic N) is 3. The molecule has 1 aliphatic carbocycles. The largest absolute Gasteiger partial charge is 0.471 e. The molecule has 2 fully saturated rings. The van der Waals surface area contributed by atoms with Gasteiger partial charge in [0.1, 0.15) is 30.1 Å². The van der Waals surface area contributed by atoms with E-state index in [-0.39, 0.29) is 41.8 Å². The third-order valence-corrected chi connectivity index (χ3v) is 8.00. The van der Waals surface area contributed by atoms with E-state index in [0.29, 0.717) is 0 Å². The predicted octanol–water partition coefficient (Wildman–Crippen LogP) is 0.113. The zero-order chi connectivity index (χ0) is 30.7. The van der Waals surface area contributed by atoms with Gasteiger partial charge in [0.05, 0.1) is 6.20 Å². The lowest BCUT2D eigenvalue weighted by molar-refractivity contribution is -0.176. The second-order valence-electron chi connectivity index (χ2n) is 12.2. The quantitative estimate of drug-likeness (QED) is 0.348. The van der Waals surface area contributed by atoms with Crippen LogP contribution in [-0.4, -0.2) is 81.4 Å². The van der Waals surface area contributed by atoms with Gasteiger partial charge >= 0.3 is 12.1 Å². The second-order valence-corrected chi connectivity index (χ2v) is 12.2. The molecule has 41 heavy (non-hydrogen) atoms. The van der Waals surface area contributed by atoms with Crippen molar-refractivity contribution < 1.29 is 41.9 Å². The third-order valence-electron chi connectivity index (χ3n) is 8.00. The number of piperidine rings is 1. The molecule has 1 aromatic rings. The molecule has 3 aliphatic rings. The molecule has 2 aliphatic heterocycles. The first-order valence-electron chi connectivity index (χ1n) is 12.9. The van der Waals surface area contributed by atoms with E-state index in [1.165, 1.54) is 33.3 Å². The summed E-state index contributed by atoms with van der Waals surface area (Å²) in [5.41, 5.74) is 4.25. The van der Waals surface area contributed by atoms with E-state index in [4.69, 9.17) is 10.5 Å². The van der Waals surface area contributed by atoms with E-state index >= 15 is 0 Å². The van der Waals surface area contributed by atoms with Crippen LogP contribution in [0.25, 0.3) is 0 Å². The molecule has 16 heteroatoms. The maximum absolute atomic E-state index is 13.6. The summed E-state index contributed by atoms with van der Waals surface area (Å²) in [6.07, 6.45) is -4.30. The summed E-state index contributed by atoms with van der Waals surface area (Å²) in [5.74, 6) is -5.95. The second kappa shape index (κ2) is 10.1. The Hall–Kier alpha value is -3.98. The van der Waals surface area contributed by atoms with Gasteiger partial charge in [-0.2, -0.15) is 18.2 Å². The number of primary amides is 1. The molecule has 0 bridgehead atoms. The number of anilines is 1. The van der Waals surface area contributed by atoms with E-state index < -0.39 is 65.4 Å². The molecular weight excluding hydrogens is 551 g/mol. The van der Waals surface area contributed by atoms with Crippen molar-refractivity contribution in [2.75, 3.05) is 11.9 Å². The van der Waals surface area contributed by atoms with Gasteiger partial charge in [0, 0.05) is 13.0 Å². The fourth-order valence-corrected chi connectivity index (χ4v) is 5.61. The van der Waals surface area contributed by atoms with Crippen molar-refractivity contribution in [2.45, 2.75) is 71.4 Å². The van der Waals surface area contributed by atoms with Crippen molar-refractivity contribution in [3.63, 3.8) is 0 Å². The first kappa shape index (κ1) is 30.0. The Morgan fingerprint density at radius 1 is 1.22 bits per heavy atom. The Labute approximate surface area is 233 Å². The van der Waals surface area contributed by atoms with Crippen molar-refractivity contribution in [3.8, 4) is 5.88 Å². The van der Waals surface area contributed by atoms with Gasteiger partial charge in [-0.05, 0) is 22.7 Å². The van der Waals surface area contributed by atoms with Crippen LogP contribution >= 0.6 is 0 Å². The van der Waals surface area contributed by atoms with Crippen LogP contribution in [0.1, 0.15) is 41.0 Å². The van der Waals surface area contributed by atoms with Crippen molar-refractivity contribution in [1.82, 2.24) is 25.5 Å². The van der Waals surface area contributed by atoms with Crippen LogP contribution in [0.3, 0.4) is 0 Å². The highest BCUT2D eigenvalue weighted by atomic mass is 19.4. The molecule has 1 saturated heterocycles.